The first-order valence-electron chi connectivity index (χ1n) is 8.52. The van der Waals surface area contributed by atoms with Gasteiger partial charge in [-0.05, 0) is 33.1 Å². The second kappa shape index (κ2) is 6.98. The monoisotopic (exact) mass is 328 g/mol. The minimum atomic E-state index is -0.169. The number of carbonyl (C=O) groups is 1. The van der Waals surface area contributed by atoms with Crippen molar-refractivity contribution in [1.29, 1.82) is 0 Å². The van der Waals surface area contributed by atoms with Crippen molar-refractivity contribution in [3.8, 4) is 0 Å². The van der Waals surface area contributed by atoms with E-state index < -0.39 is 0 Å². The molecule has 7 heteroatoms. The Morgan fingerprint density at radius 3 is 2.79 bits per heavy atom. The highest BCUT2D eigenvalue weighted by molar-refractivity contribution is 6.06. The molecule has 1 fully saturated rings. The first kappa shape index (κ1) is 16.4. The smallest absolute Gasteiger partial charge is 0.259 e. The number of hydrogen-bond donors (Lipinski definition) is 1. The molecule has 7 nitrogen and oxygen atoms in total. The molecule has 1 amide bonds. The number of amides is 1. The SMILES string of the molecule is CC[C@H](C)n1ncc(C(=O)Nc2cncnc2N2CCCC2)c1C. The third-order valence-electron chi connectivity index (χ3n) is 4.64. The van der Waals surface area contributed by atoms with E-state index in [9.17, 15) is 4.79 Å². The molecule has 1 aliphatic rings. The molecule has 3 rings (SSSR count). The van der Waals surface area contributed by atoms with E-state index in [2.05, 4.69) is 39.1 Å². The number of rotatable bonds is 5. The summed E-state index contributed by atoms with van der Waals surface area (Å²) in [5, 5.41) is 7.32. The van der Waals surface area contributed by atoms with E-state index in [1.807, 2.05) is 11.6 Å². The molecular weight excluding hydrogens is 304 g/mol. The van der Waals surface area contributed by atoms with Crippen LogP contribution in [0, 0.1) is 6.92 Å². The van der Waals surface area contributed by atoms with Crippen LogP contribution in [-0.2, 0) is 0 Å². The average molecular weight is 328 g/mol. The van der Waals surface area contributed by atoms with Crippen LogP contribution in [0.25, 0.3) is 0 Å². The number of hydrogen-bond acceptors (Lipinski definition) is 5. The number of nitrogens with one attached hydrogen (secondary N) is 1. The van der Waals surface area contributed by atoms with E-state index in [1.165, 1.54) is 6.33 Å². The van der Waals surface area contributed by atoms with Gasteiger partial charge in [-0.15, -0.1) is 0 Å². The minimum absolute atomic E-state index is 0.169. The first-order chi connectivity index (χ1) is 11.6. The summed E-state index contributed by atoms with van der Waals surface area (Å²) in [4.78, 5) is 23.3. The van der Waals surface area contributed by atoms with Crippen molar-refractivity contribution in [2.24, 2.45) is 0 Å². The molecule has 24 heavy (non-hydrogen) atoms. The maximum atomic E-state index is 12.7. The zero-order valence-electron chi connectivity index (χ0n) is 14.5. The predicted molar refractivity (Wildman–Crippen MR) is 93.4 cm³/mol. The van der Waals surface area contributed by atoms with Gasteiger partial charge in [0.2, 0.25) is 0 Å². The van der Waals surface area contributed by atoms with Gasteiger partial charge in [-0.1, -0.05) is 6.92 Å². The quantitative estimate of drug-likeness (QED) is 0.913. The molecule has 0 radical (unpaired) electrons. The molecule has 0 unspecified atom stereocenters. The zero-order valence-corrected chi connectivity index (χ0v) is 14.5. The Labute approximate surface area is 142 Å². The largest absolute Gasteiger partial charge is 0.355 e. The van der Waals surface area contributed by atoms with Crippen LogP contribution in [0.5, 0.6) is 0 Å². The Balaban J connectivity index is 1.82. The Bertz CT molecular complexity index is 720. The van der Waals surface area contributed by atoms with Crippen LogP contribution in [0.1, 0.15) is 55.2 Å². The predicted octanol–water partition coefficient (Wildman–Crippen LogP) is 2.81. The molecule has 2 aromatic rings. The van der Waals surface area contributed by atoms with Gasteiger partial charge in [0.1, 0.15) is 12.0 Å². The molecule has 0 spiro atoms. The molecule has 0 aromatic carbocycles. The number of nitrogens with zero attached hydrogens (tertiary/aromatic N) is 5. The van der Waals surface area contributed by atoms with Gasteiger partial charge in [0.15, 0.2) is 5.82 Å². The Morgan fingerprint density at radius 2 is 2.08 bits per heavy atom. The molecular formula is C17H24N6O. The molecule has 0 aliphatic carbocycles. The molecule has 1 aliphatic heterocycles. The van der Waals surface area contributed by atoms with Gasteiger partial charge in [-0.2, -0.15) is 5.10 Å². The van der Waals surface area contributed by atoms with Crippen LogP contribution in [0.15, 0.2) is 18.7 Å². The fourth-order valence-electron chi connectivity index (χ4n) is 3.05. The summed E-state index contributed by atoms with van der Waals surface area (Å²) in [5.41, 5.74) is 2.12. The van der Waals surface area contributed by atoms with Crippen LogP contribution >= 0.6 is 0 Å². The van der Waals surface area contributed by atoms with Crippen molar-refractivity contribution in [3.05, 3.63) is 30.0 Å². The molecule has 1 N–H and O–H groups in total. The van der Waals surface area contributed by atoms with E-state index in [-0.39, 0.29) is 11.9 Å². The first-order valence-corrected chi connectivity index (χ1v) is 8.52. The lowest BCUT2D eigenvalue weighted by atomic mass is 10.2. The molecule has 0 bridgehead atoms. The fourth-order valence-corrected chi connectivity index (χ4v) is 3.05. The highest BCUT2D eigenvalue weighted by Gasteiger charge is 2.21. The van der Waals surface area contributed by atoms with Gasteiger partial charge in [0, 0.05) is 24.8 Å². The number of aromatic nitrogens is 4. The second-order valence-corrected chi connectivity index (χ2v) is 6.25. The van der Waals surface area contributed by atoms with Gasteiger partial charge in [-0.3, -0.25) is 9.48 Å². The minimum Gasteiger partial charge on any atom is -0.355 e. The Morgan fingerprint density at radius 1 is 1.33 bits per heavy atom. The Hall–Kier alpha value is -2.44. The average Bonchev–Trinajstić information content (AvgIpc) is 3.24. The summed E-state index contributed by atoms with van der Waals surface area (Å²) in [6.07, 6.45) is 8.09. The summed E-state index contributed by atoms with van der Waals surface area (Å²) >= 11 is 0. The highest BCUT2D eigenvalue weighted by Crippen LogP contribution is 2.26. The van der Waals surface area contributed by atoms with E-state index in [0.717, 1.165) is 43.9 Å². The third-order valence-corrected chi connectivity index (χ3v) is 4.64. The van der Waals surface area contributed by atoms with Crippen molar-refractivity contribution in [2.75, 3.05) is 23.3 Å². The molecule has 1 atom stereocenters. The van der Waals surface area contributed by atoms with Crippen LogP contribution in [0.4, 0.5) is 11.5 Å². The fraction of sp³-hybridized carbons (Fsp3) is 0.529. The standard InChI is InChI=1S/C17H24N6O/c1-4-12(2)23-13(3)14(9-20-23)17(24)21-15-10-18-11-19-16(15)22-7-5-6-8-22/h9-12H,4-8H2,1-3H3,(H,21,24)/t12-/m0/s1. The third kappa shape index (κ3) is 3.11. The molecule has 3 heterocycles. The van der Waals surface area contributed by atoms with E-state index in [0.29, 0.717) is 11.3 Å². The summed E-state index contributed by atoms with van der Waals surface area (Å²) in [7, 11) is 0. The van der Waals surface area contributed by atoms with E-state index in [1.54, 1.807) is 12.4 Å². The lowest BCUT2D eigenvalue weighted by molar-refractivity contribution is 0.102. The summed E-state index contributed by atoms with van der Waals surface area (Å²) < 4.78 is 1.90. The van der Waals surface area contributed by atoms with Crippen molar-refractivity contribution >= 4 is 17.4 Å². The van der Waals surface area contributed by atoms with Crippen LogP contribution < -0.4 is 10.2 Å². The van der Waals surface area contributed by atoms with Crippen LogP contribution in [0.3, 0.4) is 0 Å². The van der Waals surface area contributed by atoms with Crippen LogP contribution in [-0.4, -0.2) is 38.7 Å². The lowest BCUT2D eigenvalue weighted by Crippen LogP contribution is -2.22. The molecule has 1 saturated heterocycles. The topological polar surface area (TPSA) is 75.9 Å². The molecule has 0 saturated carbocycles. The number of carbonyl (C=O) groups excluding carboxylic acids is 1. The van der Waals surface area contributed by atoms with Gasteiger partial charge in [-0.25, -0.2) is 9.97 Å². The van der Waals surface area contributed by atoms with E-state index >= 15 is 0 Å². The van der Waals surface area contributed by atoms with E-state index in [4.69, 9.17) is 0 Å². The maximum Gasteiger partial charge on any atom is 0.259 e. The second-order valence-electron chi connectivity index (χ2n) is 6.25. The van der Waals surface area contributed by atoms with Crippen molar-refractivity contribution < 1.29 is 4.79 Å². The maximum absolute atomic E-state index is 12.7. The van der Waals surface area contributed by atoms with Gasteiger partial charge in [0.05, 0.1) is 18.0 Å². The Kier molecular flexibility index (Phi) is 4.78. The zero-order chi connectivity index (χ0) is 17.1. The lowest BCUT2D eigenvalue weighted by Gasteiger charge is -2.19. The molecule has 2 aromatic heterocycles. The van der Waals surface area contributed by atoms with Gasteiger partial charge in [0.25, 0.3) is 5.91 Å². The normalized spacial score (nSPS) is 15.5. The summed E-state index contributed by atoms with van der Waals surface area (Å²) in [6, 6.07) is 0.270. The van der Waals surface area contributed by atoms with Gasteiger partial charge < -0.3 is 10.2 Å². The number of anilines is 2. The van der Waals surface area contributed by atoms with Crippen molar-refractivity contribution in [3.63, 3.8) is 0 Å². The van der Waals surface area contributed by atoms with Crippen molar-refractivity contribution in [1.82, 2.24) is 19.7 Å². The molecule has 128 valence electrons. The summed E-state index contributed by atoms with van der Waals surface area (Å²) in [6.45, 7) is 8.06. The van der Waals surface area contributed by atoms with Gasteiger partial charge >= 0.3 is 0 Å². The highest BCUT2D eigenvalue weighted by atomic mass is 16.1. The summed E-state index contributed by atoms with van der Waals surface area (Å²) in [5.74, 6) is 0.625. The van der Waals surface area contributed by atoms with Crippen LogP contribution in [0.2, 0.25) is 0 Å². The van der Waals surface area contributed by atoms with Crippen molar-refractivity contribution in [2.45, 2.75) is 46.1 Å².